The van der Waals surface area contributed by atoms with Crippen LogP contribution in [0.15, 0.2) is 72.9 Å². The van der Waals surface area contributed by atoms with Crippen molar-refractivity contribution < 1.29 is 69.0 Å². The maximum absolute atomic E-state index is 13.0. The van der Waals surface area contributed by atoms with Crippen LogP contribution in [0.2, 0.25) is 0 Å². The van der Waals surface area contributed by atoms with E-state index in [0.29, 0.717) is 13.0 Å². The van der Waals surface area contributed by atoms with Gasteiger partial charge in [-0.1, -0.05) is 157 Å². The van der Waals surface area contributed by atoms with Crippen molar-refractivity contribution in [3.05, 3.63) is 72.9 Å². The van der Waals surface area contributed by atoms with Gasteiger partial charge in [0.2, 0.25) is 0 Å². The molecule has 2 aliphatic rings. The minimum atomic E-state index is -1.71. The maximum atomic E-state index is 13.0. The molecule has 14 heteroatoms. The van der Waals surface area contributed by atoms with Gasteiger partial charge in [0.1, 0.15) is 54.9 Å². The highest BCUT2D eigenvalue weighted by Gasteiger charge is 2.47. The summed E-state index contributed by atoms with van der Waals surface area (Å²) in [5.41, 5.74) is 0. The molecule has 0 aromatic rings. The molecule has 0 aromatic carbocycles. The van der Waals surface area contributed by atoms with Crippen molar-refractivity contribution in [2.24, 2.45) is 0 Å². The Bertz CT molecular complexity index is 1380. The third-order valence-corrected chi connectivity index (χ3v) is 11.7. The van der Waals surface area contributed by atoms with Gasteiger partial charge < -0.3 is 64.2 Å². The minimum Gasteiger partial charge on any atom is -0.457 e. The van der Waals surface area contributed by atoms with Gasteiger partial charge in [0.15, 0.2) is 12.6 Å². The summed E-state index contributed by atoms with van der Waals surface area (Å²) in [5, 5.41) is 72.1. The van der Waals surface area contributed by atoms with E-state index in [-0.39, 0.29) is 19.6 Å². The molecule has 67 heavy (non-hydrogen) atoms. The van der Waals surface area contributed by atoms with Crippen LogP contribution < -0.4 is 0 Å². The van der Waals surface area contributed by atoms with Crippen molar-refractivity contribution in [2.45, 2.75) is 223 Å². The Morgan fingerprint density at radius 2 is 0.970 bits per heavy atom. The van der Waals surface area contributed by atoms with Crippen LogP contribution in [0.5, 0.6) is 0 Å². The van der Waals surface area contributed by atoms with Crippen molar-refractivity contribution in [2.75, 3.05) is 33.0 Å². The highest BCUT2D eigenvalue weighted by Crippen LogP contribution is 2.26. The zero-order valence-electron chi connectivity index (χ0n) is 40.9. The standard InChI is InChI=1S/C53H90O14/c1-3-5-7-9-11-13-15-16-17-18-19-20-21-22-23-24-25-27-29-31-33-35-37-62-39-42(65-45(55)36-34-32-30-28-26-14-12-10-8-6-4-2)40-63-52-51(61)49(59)47(57)44(67-52)41-64-53-50(60)48(58)46(56)43(38-54)66-53/h5,7,11,13,16-17,19-20,22-23,25,27,42-44,46-54,56-61H,3-4,6,8-10,12,14-15,18,21,24,26,28-41H2,1-2H3/b7-5-,13-11-,17-16-,20-19-,23-22-,27-25-. The molecule has 0 saturated carbocycles. The Morgan fingerprint density at radius 1 is 0.507 bits per heavy atom. The highest BCUT2D eigenvalue weighted by molar-refractivity contribution is 5.69. The van der Waals surface area contributed by atoms with E-state index in [2.05, 4.69) is 86.8 Å². The second-order valence-corrected chi connectivity index (χ2v) is 17.6. The molecule has 7 N–H and O–H groups in total. The average Bonchev–Trinajstić information content (AvgIpc) is 3.32. The fourth-order valence-electron chi connectivity index (χ4n) is 7.58. The molecule has 11 atom stereocenters. The molecule has 0 radical (unpaired) electrons. The molecular formula is C53H90O14. The van der Waals surface area contributed by atoms with E-state index in [4.69, 9.17) is 28.4 Å². The van der Waals surface area contributed by atoms with Crippen LogP contribution in [0.25, 0.3) is 0 Å². The summed E-state index contributed by atoms with van der Waals surface area (Å²) in [6.07, 6.45) is 32.6. The first-order chi connectivity index (χ1) is 32.6. The number of hydrogen-bond donors (Lipinski definition) is 7. The van der Waals surface area contributed by atoms with E-state index in [1.165, 1.54) is 44.9 Å². The third-order valence-electron chi connectivity index (χ3n) is 11.7. The SMILES string of the molecule is CC/C=C\C/C=C\C/C=C\C/C=C\C/C=C\C/C=C\CCCCCOCC(COC1OC(COC2OC(CO)C(O)C(O)C2O)C(O)C(O)C1O)OC(=O)CCCCCCCCCCCCC. The molecular weight excluding hydrogens is 861 g/mol. The Hall–Kier alpha value is -2.57. The first-order valence-corrected chi connectivity index (χ1v) is 25.5. The number of ether oxygens (including phenoxy) is 6. The number of carbonyl (C=O) groups excluding carboxylic acids is 1. The second-order valence-electron chi connectivity index (χ2n) is 17.6. The predicted molar refractivity (Wildman–Crippen MR) is 261 cm³/mol. The molecule has 386 valence electrons. The number of unbranched alkanes of at least 4 members (excludes halogenated alkanes) is 13. The fraction of sp³-hybridized carbons (Fsp3) is 0.755. The van der Waals surface area contributed by atoms with E-state index in [1.807, 2.05) is 0 Å². The quantitative estimate of drug-likeness (QED) is 0.0181. The Kier molecular flexibility index (Phi) is 36.3. The first-order valence-electron chi connectivity index (χ1n) is 25.5. The van der Waals surface area contributed by atoms with Gasteiger partial charge in [0.05, 0.1) is 26.4 Å². The number of hydrogen-bond acceptors (Lipinski definition) is 14. The Balaban J connectivity index is 1.77. The van der Waals surface area contributed by atoms with E-state index >= 15 is 0 Å². The van der Waals surface area contributed by atoms with Crippen molar-refractivity contribution >= 4 is 5.97 Å². The molecule has 14 nitrogen and oxygen atoms in total. The monoisotopic (exact) mass is 951 g/mol. The van der Waals surface area contributed by atoms with Crippen LogP contribution in [0.3, 0.4) is 0 Å². The van der Waals surface area contributed by atoms with Gasteiger partial charge in [-0.25, -0.2) is 0 Å². The van der Waals surface area contributed by atoms with Crippen molar-refractivity contribution in [1.29, 1.82) is 0 Å². The smallest absolute Gasteiger partial charge is 0.306 e. The lowest BCUT2D eigenvalue weighted by Crippen LogP contribution is -2.61. The predicted octanol–water partition coefficient (Wildman–Crippen LogP) is 7.51. The summed E-state index contributed by atoms with van der Waals surface area (Å²) < 4.78 is 34.2. The molecule has 0 aliphatic carbocycles. The maximum Gasteiger partial charge on any atom is 0.306 e. The topological polar surface area (TPSA) is 214 Å². The molecule has 0 bridgehead atoms. The largest absolute Gasteiger partial charge is 0.457 e. The number of carbonyl (C=O) groups is 1. The zero-order chi connectivity index (χ0) is 48.7. The number of allylic oxidation sites excluding steroid dienone is 12. The third kappa shape index (κ3) is 28.0. The molecule has 2 heterocycles. The van der Waals surface area contributed by atoms with Crippen LogP contribution >= 0.6 is 0 Å². The molecule has 0 aromatic heterocycles. The minimum absolute atomic E-state index is 0.0365. The number of esters is 1. The molecule has 2 rings (SSSR count). The summed E-state index contributed by atoms with van der Waals surface area (Å²) in [6.45, 7) is 3.46. The summed E-state index contributed by atoms with van der Waals surface area (Å²) in [4.78, 5) is 13.0. The highest BCUT2D eigenvalue weighted by atomic mass is 16.7. The van der Waals surface area contributed by atoms with Gasteiger partial charge in [-0.3, -0.25) is 4.79 Å². The van der Waals surface area contributed by atoms with Gasteiger partial charge >= 0.3 is 5.97 Å². The molecule has 0 amide bonds. The lowest BCUT2D eigenvalue weighted by atomic mass is 9.98. The second kappa shape index (κ2) is 40.2. The summed E-state index contributed by atoms with van der Waals surface area (Å²) in [7, 11) is 0. The number of aliphatic hydroxyl groups is 7. The van der Waals surface area contributed by atoms with Crippen molar-refractivity contribution in [3.63, 3.8) is 0 Å². The lowest BCUT2D eigenvalue weighted by Gasteiger charge is -2.42. The van der Waals surface area contributed by atoms with Crippen molar-refractivity contribution in [1.82, 2.24) is 0 Å². The van der Waals surface area contributed by atoms with Crippen LogP contribution in [0.1, 0.15) is 155 Å². The molecule has 2 fully saturated rings. The number of aliphatic hydroxyl groups excluding tert-OH is 7. The molecule has 2 aliphatic heterocycles. The van der Waals surface area contributed by atoms with Crippen LogP contribution in [0.4, 0.5) is 0 Å². The van der Waals surface area contributed by atoms with E-state index < -0.39 is 86.7 Å². The number of rotatable bonds is 39. The summed E-state index contributed by atoms with van der Waals surface area (Å²) in [6, 6.07) is 0. The van der Waals surface area contributed by atoms with E-state index in [9.17, 15) is 40.5 Å². The van der Waals surface area contributed by atoms with Gasteiger partial charge in [-0.05, 0) is 64.2 Å². The lowest BCUT2D eigenvalue weighted by molar-refractivity contribution is -0.332. The van der Waals surface area contributed by atoms with Gasteiger partial charge in [-0.2, -0.15) is 0 Å². The van der Waals surface area contributed by atoms with Gasteiger partial charge in [0.25, 0.3) is 0 Å². The molecule has 2 saturated heterocycles. The van der Waals surface area contributed by atoms with Crippen LogP contribution in [0, 0.1) is 0 Å². The van der Waals surface area contributed by atoms with E-state index in [1.54, 1.807) is 0 Å². The normalized spacial score (nSPS) is 26.7. The van der Waals surface area contributed by atoms with Crippen LogP contribution in [-0.2, 0) is 33.2 Å². The summed E-state index contributed by atoms with van der Waals surface area (Å²) >= 11 is 0. The zero-order valence-corrected chi connectivity index (χ0v) is 40.9. The Morgan fingerprint density at radius 3 is 1.51 bits per heavy atom. The van der Waals surface area contributed by atoms with Crippen molar-refractivity contribution in [3.8, 4) is 0 Å². The van der Waals surface area contributed by atoms with Gasteiger partial charge in [0, 0.05) is 13.0 Å². The van der Waals surface area contributed by atoms with Gasteiger partial charge in [-0.15, -0.1) is 0 Å². The van der Waals surface area contributed by atoms with E-state index in [0.717, 1.165) is 83.5 Å². The Labute approximate surface area is 402 Å². The average molecular weight is 951 g/mol. The summed E-state index contributed by atoms with van der Waals surface area (Å²) in [5.74, 6) is -0.393. The molecule has 0 spiro atoms. The first kappa shape index (κ1) is 60.6. The van der Waals surface area contributed by atoms with Crippen LogP contribution in [-0.4, -0.2) is 142 Å². The molecule has 11 unspecified atom stereocenters. The fourth-order valence-corrected chi connectivity index (χ4v) is 7.58.